The molecule has 0 aliphatic carbocycles. The second-order valence-corrected chi connectivity index (χ2v) is 12.0. The number of nitrogens with zero attached hydrogens (tertiary/aromatic N) is 4. The summed E-state index contributed by atoms with van der Waals surface area (Å²) in [5.74, 6) is 2.03. The van der Waals surface area contributed by atoms with E-state index < -0.39 is 0 Å². The third-order valence-electron chi connectivity index (χ3n) is 8.04. The van der Waals surface area contributed by atoms with Gasteiger partial charge in [0.15, 0.2) is 23.6 Å². The Balaban J connectivity index is 2.13. The molecule has 37 heavy (non-hydrogen) atoms. The Morgan fingerprint density at radius 1 is 0.784 bits per heavy atom. The van der Waals surface area contributed by atoms with Gasteiger partial charge in [-0.3, -0.25) is 0 Å². The van der Waals surface area contributed by atoms with E-state index in [-0.39, 0.29) is 5.41 Å². The third kappa shape index (κ3) is 4.56. The lowest BCUT2D eigenvalue weighted by Gasteiger charge is -2.24. The molecular weight excluding hydrogens is 452 g/mol. The lowest BCUT2D eigenvalue weighted by molar-refractivity contribution is -0.789. The van der Waals surface area contributed by atoms with E-state index in [9.17, 15) is 0 Å². The first kappa shape index (κ1) is 26.9. The number of aromatic nitrogens is 4. The third-order valence-corrected chi connectivity index (χ3v) is 8.04. The Hall–Kier alpha value is -3.14. The SMILES string of the molecule is Cc1ccccc1C(C)(C)c1c[n+](-c2c(C(C)C)cccc2C(C)C)c(-c2cc[n+](C(C)C)n2C)n1C. The van der Waals surface area contributed by atoms with Gasteiger partial charge < -0.3 is 0 Å². The summed E-state index contributed by atoms with van der Waals surface area (Å²) in [5, 5.41) is 0. The van der Waals surface area contributed by atoms with Crippen molar-refractivity contribution in [1.29, 1.82) is 0 Å². The van der Waals surface area contributed by atoms with Crippen molar-refractivity contribution in [2.24, 2.45) is 14.1 Å². The number of benzene rings is 2. The van der Waals surface area contributed by atoms with Crippen LogP contribution in [0.4, 0.5) is 0 Å². The molecule has 0 spiro atoms. The average molecular weight is 499 g/mol. The normalized spacial score (nSPS) is 12.4. The standard InChI is InChI=1S/C33H46N4/c1-22(2)26-16-14-17-27(23(3)4)31(26)36-21-30(33(8,9)28-18-13-12-15-25(28)7)34(10)32(36)29-19-20-37(24(5)6)35(29)11/h12-24H,1-11H3/q+2. The van der Waals surface area contributed by atoms with Gasteiger partial charge in [0.1, 0.15) is 11.9 Å². The van der Waals surface area contributed by atoms with Gasteiger partial charge in [-0.1, -0.05) is 70.2 Å². The minimum atomic E-state index is -0.177. The van der Waals surface area contributed by atoms with Crippen molar-refractivity contribution in [2.45, 2.75) is 85.6 Å². The molecule has 196 valence electrons. The number of imidazole rings is 1. The van der Waals surface area contributed by atoms with Crippen LogP contribution < -0.4 is 9.25 Å². The highest BCUT2D eigenvalue weighted by atomic mass is 15.4. The van der Waals surface area contributed by atoms with E-state index in [2.05, 4.69) is 156 Å². The molecule has 2 aromatic heterocycles. The minimum absolute atomic E-state index is 0.177. The molecule has 0 bridgehead atoms. The Kier molecular flexibility index (Phi) is 7.25. The van der Waals surface area contributed by atoms with Crippen molar-refractivity contribution < 1.29 is 9.25 Å². The summed E-state index contributed by atoms with van der Waals surface area (Å²) in [4.78, 5) is 0. The molecule has 4 heteroatoms. The first-order chi connectivity index (χ1) is 17.4. The summed E-state index contributed by atoms with van der Waals surface area (Å²) in [5.41, 5.74) is 9.09. The number of hydrogen-bond acceptors (Lipinski definition) is 0. The number of aryl methyl sites for hydroxylation is 1. The number of hydrogen-bond donors (Lipinski definition) is 0. The smallest absolute Gasteiger partial charge is 0.227 e. The summed E-state index contributed by atoms with van der Waals surface area (Å²) in [6.07, 6.45) is 4.61. The van der Waals surface area contributed by atoms with Gasteiger partial charge in [0.05, 0.1) is 19.5 Å². The van der Waals surface area contributed by atoms with Gasteiger partial charge in [-0.15, -0.1) is 9.36 Å². The fourth-order valence-electron chi connectivity index (χ4n) is 6.01. The topological polar surface area (TPSA) is 17.6 Å². The van der Waals surface area contributed by atoms with Gasteiger partial charge in [0.25, 0.3) is 0 Å². The lowest BCUT2D eigenvalue weighted by Crippen LogP contribution is -2.44. The first-order valence-electron chi connectivity index (χ1n) is 13.8. The fraction of sp³-hybridized carbons (Fsp3) is 0.455. The van der Waals surface area contributed by atoms with Crippen molar-refractivity contribution in [3.63, 3.8) is 0 Å². The van der Waals surface area contributed by atoms with Crippen LogP contribution in [0.3, 0.4) is 0 Å². The molecule has 0 atom stereocenters. The van der Waals surface area contributed by atoms with E-state index >= 15 is 0 Å². The highest BCUT2D eigenvalue weighted by Crippen LogP contribution is 2.36. The molecule has 4 aromatic rings. The Morgan fingerprint density at radius 2 is 1.38 bits per heavy atom. The summed E-state index contributed by atoms with van der Waals surface area (Å²) in [6.45, 7) is 20.6. The zero-order valence-corrected chi connectivity index (χ0v) is 24.8. The van der Waals surface area contributed by atoms with E-state index in [0.29, 0.717) is 17.9 Å². The molecule has 0 radical (unpaired) electrons. The van der Waals surface area contributed by atoms with Gasteiger partial charge in [-0.2, -0.15) is 4.57 Å². The van der Waals surface area contributed by atoms with Gasteiger partial charge in [0.2, 0.25) is 0 Å². The maximum absolute atomic E-state index is 2.49. The summed E-state index contributed by atoms with van der Waals surface area (Å²) in [6, 6.07) is 18.3. The molecule has 0 fully saturated rings. The van der Waals surface area contributed by atoms with Crippen molar-refractivity contribution in [2.75, 3.05) is 0 Å². The van der Waals surface area contributed by atoms with E-state index in [0.717, 1.165) is 0 Å². The van der Waals surface area contributed by atoms with Gasteiger partial charge in [-0.25, -0.2) is 4.57 Å². The molecular formula is C33H46N4+2. The van der Waals surface area contributed by atoms with Crippen LogP contribution in [0.5, 0.6) is 0 Å². The summed E-state index contributed by atoms with van der Waals surface area (Å²) in [7, 11) is 4.41. The fourth-order valence-corrected chi connectivity index (χ4v) is 6.01. The molecule has 4 nitrogen and oxygen atoms in total. The van der Waals surface area contributed by atoms with Gasteiger partial charge in [-0.05, 0) is 57.6 Å². The van der Waals surface area contributed by atoms with Gasteiger partial charge in [0, 0.05) is 17.2 Å². The monoisotopic (exact) mass is 498 g/mol. The Bertz CT molecular complexity index is 1390. The molecule has 2 heterocycles. The zero-order chi connectivity index (χ0) is 27.2. The second kappa shape index (κ2) is 9.96. The molecule has 0 amide bonds. The van der Waals surface area contributed by atoms with Crippen LogP contribution in [-0.4, -0.2) is 9.25 Å². The quantitative estimate of drug-likeness (QED) is 0.243. The second-order valence-electron chi connectivity index (χ2n) is 12.0. The molecule has 0 saturated heterocycles. The first-order valence-corrected chi connectivity index (χ1v) is 13.8. The number of rotatable bonds is 7. The van der Waals surface area contributed by atoms with Gasteiger partial charge >= 0.3 is 5.82 Å². The Labute approximate surface area is 224 Å². The molecule has 0 N–H and O–H groups in total. The van der Waals surface area contributed by atoms with Crippen molar-refractivity contribution in [1.82, 2.24) is 9.25 Å². The van der Waals surface area contributed by atoms with Crippen LogP contribution in [0.25, 0.3) is 17.2 Å². The van der Waals surface area contributed by atoms with E-state index in [4.69, 9.17) is 0 Å². The zero-order valence-electron chi connectivity index (χ0n) is 24.8. The molecule has 0 aliphatic rings. The van der Waals surface area contributed by atoms with Crippen LogP contribution in [0.2, 0.25) is 0 Å². The predicted molar refractivity (Wildman–Crippen MR) is 153 cm³/mol. The highest BCUT2D eigenvalue weighted by Gasteiger charge is 2.39. The number of para-hydroxylation sites is 1. The molecule has 2 aromatic carbocycles. The molecule has 0 unspecified atom stereocenters. The largest absolute Gasteiger partial charge is 0.316 e. The molecule has 0 aliphatic heterocycles. The van der Waals surface area contributed by atoms with E-state index in [1.165, 1.54) is 45.2 Å². The minimum Gasteiger partial charge on any atom is -0.227 e. The molecule has 4 rings (SSSR count). The van der Waals surface area contributed by atoms with Crippen LogP contribution in [0, 0.1) is 6.92 Å². The predicted octanol–water partition coefficient (Wildman–Crippen LogP) is 7.06. The van der Waals surface area contributed by atoms with E-state index in [1.807, 2.05) is 0 Å². The molecule has 0 saturated carbocycles. The lowest BCUT2D eigenvalue weighted by atomic mass is 9.79. The van der Waals surface area contributed by atoms with Crippen molar-refractivity contribution >= 4 is 0 Å². The Morgan fingerprint density at radius 3 is 1.89 bits per heavy atom. The van der Waals surface area contributed by atoms with Crippen LogP contribution in [0.1, 0.15) is 101 Å². The van der Waals surface area contributed by atoms with Crippen molar-refractivity contribution in [3.05, 3.63) is 88.9 Å². The van der Waals surface area contributed by atoms with Crippen molar-refractivity contribution in [3.8, 4) is 17.2 Å². The highest BCUT2D eigenvalue weighted by molar-refractivity contribution is 5.53. The van der Waals surface area contributed by atoms with Crippen LogP contribution >= 0.6 is 0 Å². The maximum atomic E-state index is 2.49. The van der Waals surface area contributed by atoms with Crippen LogP contribution in [-0.2, 0) is 19.5 Å². The average Bonchev–Trinajstić information content (AvgIpc) is 3.38. The van der Waals surface area contributed by atoms with Crippen LogP contribution in [0.15, 0.2) is 60.9 Å². The maximum Gasteiger partial charge on any atom is 0.316 e. The summed E-state index contributed by atoms with van der Waals surface area (Å²) >= 11 is 0. The van der Waals surface area contributed by atoms with E-state index in [1.54, 1.807) is 0 Å². The summed E-state index contributed by atoms with van der Waals surface area (Å²) < 4.78 is 9.51.